The van der Waals surface area contributed by atoms with Gasteiger partial charge >= 0.3 is 5.97 Å². The maximum atomic E-state index is 12.9. The van der Waals surface area contributed by atoms with E-state index in [0.29, 0.717) is 5.69 Å². The lowest BCUT2D eigenvalue weighted by atomic mass is 10.2. The number of rotatable bonds is 4. The second-order valence-corrected chi connectivity index (χ2v) is 4.13. The Hall–Kier alpha value is -2.28. The molecule has 6 nitrogen and oxygen atoms in total. The number of carbonyl (C=O) groups is 1. The van der Waals surface area contributed by atoms with E-state index in [4.69, 9.17) is 9.57 Å². The number of aliphatic hydroxyl groups excluding tert-OH is 1. The smallest absolute Gasteiger partial charge is 0.363 e. The summed E-state index contributed by atoms with van der Waals surface area (Å²) in [5.74, 6) is -1.55. The van der Waals surface area contributed by atoms with Crippen molar-refractivity contribution >= 4 is 11.7 Å². The first-order valence-corrected chi connectivity index (χ1v) is 6.06. The van der Waals surface area contributed by atoms with E-state index in [2.05, 4.69) is 5.32 Å². The van der Waals surface area contributed by atoms with Crippen LogP contribution >= 0.6 is 0 Å². The van der Waals surface area contributed by atoms with Crippen LogP contribution in [0.25, 0.3) is 0 Å². The highest BCUT2D eigenvalue weighted by atomic mass is 19.1. The van der Waals surface area contributed by atoms with Crippen molar-refractivity contribution in [2.75, 3.05) is 19.0 Å². The normalized spacial score (nSPS) is 21.6. The van der Waals surface area contributed by atoms with E-state index in [1.54, 1.807) is 6.92 Å². The van der Waals surface area contributed by atoms with E-state index in [1.165, 1.54) is 36.4 Å². The van der Waals surface area contributed by atoms with Crippen LogP contribution in [0, 0.1) is 5.82 Å². The number of hydrogen-bond acceptors (Lipinski definition) is 6. The average Bonchev–Trinajstić information content (AvgIpc) is 2.67. The Bertz CT molecular complexity index is 530. The number of nitrogens with zero attached hydrogens (tertiary/aromatic N) is 1. The summed E-state index contributed by atoms with van der Waals surface area (Å²) in [6.07, 6.45) is -0.723. The fraction of sp³-hybridized carbons (Fsp3) is 0.308. The lowest BCUT2D eigenvalue weighted by molar-refractivity contribution is -0.167. The third-order valence-electron chi connectivity index (χ3n) is 2.74. The fourth-order valence-corrected chi connectivity index (χ4v) is 1.81. The highest BCUT2D eigenvalue weighted by molar-refractivity contribution is 5.92. The average molecular weight is 282 g/mol. The summed E-state index contributed by atoms with van der Waals surface area (Å²) in [4.78, 5) is 16.6. The quantitative estimate of drug-likeness (QED) is 0.648. The molecule has 0 radical (unpaired) electrons. The highest BCUT2D eigenvalue weighted by Gasteiger charge is 2.40. The first kappa shape index (κ1) is 14.1. The summed E-state index contributed by atoms with van der Waals surface area (Å²) in [6, 6.07) is 5.60. The fourth-order valence-electron chi connectivity index (χ4n) is 1.81. The molecule has 1 unspecified atom stereocenters. The van der Waals surface area contributed by atoms with Crippen LogP contribution in [0.15, 0.2) is 35.8 Å². The number of anilines is 1. The summed E-state index contributed by atoms with van der Waals surface area (Å²) >= 11 is 0. The van der Waals surface area contributed by atoms with Gasteiger partial charge in [0.2, 0.25) is 0 Å². The van der Waals surface area contributed by atoms with Gasteiger partial charge in [-0.15, -0.1) is 5.06 Å². The monoisotopic (exact) mass is 282 g/mol. The van der Waals surface area contributed by atoms with Crippen molar-refractivity contribution in [3.63, 3.8) is 0 Å². The predicted molar refractivity (Wildman–Crippen MR) is 68.9 cm³/mol. The lowest BCUT2D eigenvalue weighted by Crippen LogP contribution is -2.33. The third kappa shape index (κ3) is 2.83. The summed E-state index contributed by atoms with van der Waals surface area (Å²) < 4.78 is 17.8. The van der Waals surface area contributed by atoms with Crippen LogP contribution in [0.1, 0.15) is 6.92 Å². The van der Waals surface area contributed by atoms with Crippen molar-refractivity contribution in [2.45, 2.75) is 13.1 Å². The first-order chi connectivity index (χ1) is 9.52. The van der Waals surface area contributed by atoms with Gasteiger partial charge in [-0.1, -0.05) is 0 Å². The molecule has 1 heterocycles. The van der Waals surface area contributed by atoms with Crippen LogP contribution in [-0.2, 0) is 14.4 Å². The molecule has 0 spiro atoms. The molecule has 0 aliphatic carbocycles. The molecule has 0 aromatic heterocycles. The molecule has 20 heavy (non-hydrogen) atoms. The predicted octanol–water partition coefficient (Wildman–Crippen LogP) is 1.77. The number of benzene rings is 1. The van der Waals surface area contributed by atoms with Gasteiger partial charge in [0.05, 0.1) is 6.61 Å². The van der Waals surface area contributed by atoms with E-state index < -0.39 is 18.1 Å². The SMILES string of the molecule is CCO/C(O)=C1\C(=O)ON(C)C1Nc1ccc(F)cc1. The van der Waals surface area contributed by atoms with Crippen molar-refractivity contribution in [1.29, 1.82) is 0 Å². The number of halogens is 1. The minimum atomic E-state index is -0.723. The molecule has 1 aliphatic rings. The van der Waals surface area contributed by atoms with Gasteiger partial charge in [-0.2, -0.15) is 0 Å². The lowest BCUT2D eigenvalue weighted by Gasteiger charge is -2.19. The molecule has 0 amide bonds. The highest BCUT2D eigenvalue weighted by Crippen LogP contribution is 2.25. The standard InChI is InChI=1S/C13H15FN2O4/c1-3-19-12(17)10-11(16(2)20-13(10)18)15-9-6-4-8(14)5-7-9/h4-7,11,15,17H,3H2,1-2H3/b12-10-. The molecule has 1 fully saturated rings. The van der Waals surface area contributed by atoms with Crippen molar-refractivity contribution in [3.05, 3.63) is 41.6 Å². The van der Waals surface area contributed by atoms with Gasteiger partial charge in [-0.05, 0) is 31.2 Å². The molecule has 1 aromatic rings. The molecule has 1 atom stereocenters. The van der Waals surface area contributed by atoms with E-state index in [1.807, 2.05) is 0 Å². The molecule has 2 rings (SSSR count). The molecule has 0 saturated carbocycles. The summed E-state index contributed by atoms with van der Waals surface area (Å²) in [7, 11) is 1.53. The van der Waals surface area contributed by atoms with Gasteiger partial charge in [0.15, 0.2) is 11.7 Å². The van der Waals surface area contributed by atoms with Crippen LogP contribution < -0.4 is 5.32 Å². The van der Waals surface area contributed by atoms with Crippen LogP contribution in [0.3, 0.4) is 0 Å². The Kier molecular flexibility index (Phi) is 4.09. The zero-order valence-electron chi connectivity index (χ0n) is 11.1. The minimum absolute atomic E-state index is 0.0290. The number of carbonyl (C=O) groups excluding carboxylic acids is 1. The Labute approximate surface area is 115 Å². The van der Waals surface area contributed by atoms with Crippen LogP contribution in [0.5, 0.6) is 0 Å². The summed E-state index contributed by atoms with van der Waals surface area (Å²) in [5.41, 5.74) is 0.544. The van der Waals surface area contributed by atoms with Crippen molar-refractivity contribution in [1.82, 2.24) is 5.06 Å². The van der Waals surface area contributed by atoms with Gasteiger partial charge < -0.3 is 20.0 Å². The van der Waals surface area contributed by atoms with E-state index in [0.717, 1.165) is 0 Å². The molecule has 1 saturated heterocycles. The van der Waals surface area contributed by atoms with Gasteiger partial charge in [0, 0.05) is 12.7 Å². The minimum Gasteiger partial charge on any atom is -0.481 e. The van der Waals surface area contributed by atoms with Crippen LogP contribution in [-0.4, -0.2) is 36.0 Å². The maximum Gasteiger partial charge on any atom is 0.363 e. The molecule has 0 bridgehead atoms. The number of hydroxylamine groups is 2. The number of nitrogens with one attached hydrogen (secondary N) is 1. The Morgan fingerprint density at radius 3 is 2.75 bits per heavy atom. The van der Waals surface area contributed by atoms with Gasteiger partial charge in [-0.3, -0.25) is 0 Å². The van der Waals surface area contributed by atoms with Crippen LogP contribution in [0.2, 0.25) is 0 Å². The first-order valence-electron chi connectivity index (χ1n) is 6.06. The van der Waals surface area contributed by atoms with Gasteiger partial charge in [-0.25, -0.2) is 9.18 Å². The number of aliphatic hydroxyl groups is 1. The topological polar surface area (TPSA) is 71.0 Å². The largest absolute Gasteiger partial charge is 0.481 e. The summed E-state index contributed by atoms with van der Waals surface area (Å²) in [5, 5.41) is 14.0. The van der Waals surface area contributed by atoms with E-state index in [-0.39, 0.29) is 18.0 Å². The molecular formula is C13H15FN2O4. The zero-order chi connectivity index (χ0) is 14.7. The van der Waals surface area contributed by atoms with Gasteiger partial charge in [0.25, 0.3) is 5.95 Å². The van der Waals surface area contributed by atoms with Crippen LogP contribution in [0.4, 0.5) is 10.1 Å². The summed E-state index contributed by atoms with van der Waals surface area (Å²) in [6.45, 7) is 1.90. The maximum absolute atomic E-state index is 12.9. The Morgan fingerprint density at radius 1 is 1.50 bits per heavy atom. The van der Waals surface area contributed by atoms with E-state index in [9.17, 15) is 14.3 Å². The van der Waals surface area contributed by atoms with Gasteiger partial charge in [0.1, 0.15) is 5.82 Å². The van der Waals surface area contributed by atoms with E-state index >= 15 is 0 Å². The molecule has 1 aromatic carbocycles. The van der Waals surface area contributed by atoms with Crippen molar-refractivity contribution in [3.8, 4) is 0 Å². The Morgan fingerprint density at radius 2 is 2.15 bits per heavy atom. The molecule has 108 valence electrons. The zero-order valence-corrected chi connectivity index (χ0v) is 11.1. The number of ether oxygens (including phenoxy) is 1. The molecule has 1 aliphatic heterocycles. The molecule has 7 heteroatoms. The number of hydrogen-bond donors (Lipinski definition) is 2. The van der Waals surface area contributed by atoms with Crippen molar-refractivity contribution in [2.24, 2.45) is 0 Å². The molecule has 2 N–H and O–H groups in total. The second-order valence-electron chi connectivity index (χ2n) is 4.13. The van der Waals surface area contributed by atoms with Crippen molar-refractivity contribution < 1.29 is 23.9 Å². The third-order valence-corrected chi connectivity index (χ3v) is 2.74. The Balaban J connectivity index is 2.25. The molecular weight excluding hydrogens is 267 g/mol. The second kappa shape index (κ2) is 5.79. The number of likely N-dealkylation sites (N-methyl/N-ethyl adjacent to an activating group) is 1.